The number of aromatic nitrogens is 4. The number of carbonyl (C=O) groups is 1. The second-order valence-corrected chi connectivity index (χ2v) is 4.35. The predicted molar refractivity (Wildman–Crippen MR) is 75.3 cm³/mol. The minimum Gasteiger partial charge on any atom is -0.372 e. The smallest absolute Gasteiger partial charge is 0.271 e. The van der Waals surface area contributed by atoms with Crippen molar-refractivity contribution in [1.29, 1.82) is 0 Å². The van der Waals surface area contributed by atoms with E-state index in [0.717, 1.165) is 17.7 Å². The number of amides is 1. The quantitative estimate of drug-likeness (QED) is 0.840. The van der Waals surface area contributed by atoms with Gasteiger partial charge in [-0.3, -0.25) is 14.5 Å². The Bertz CT molecular complexity index is 607. The molecule has 1 amide bonds. The van der Waals surface area contributed by atoms with Gasteiger partial charge in [-0.25, -0.2) is 4.98 Å². The summed E-state index contributed by atoms with van der Waals surface area (Å²) in [5, 5.41) is 10.0. The zero-order valence-corrected chi connectivity index (χ0v) is 11.8. The summed E-state index contributed by atoms with van der Waals surface area (Å²) in [7, 11) is 3.60. The van der Waals surface area contributed by atoms with Gasteiger partial charge in [0.25, 0.3) is 5.91 Å². The number of aryl methyl sites for hydroxylation is 2. The predicted octanol–water partition coefficient (Wildman–Crippen LogP) is 0.744. The number of nitrogens with one attached hydrogen (secondary N) is 2. The first-order valence-corrected chi connectivity index (χ1v) is 6.43. The Kier molecular flexibility index (Phi) is 4.29. The van der Waals surface area contributed by atoms with E-state index in [9.17, 15) is 4.79 Å². The van der Waals surface area contributed by atoms with Crippen LogP contribution in [0.15, 0.2) is 18.6 Å². The SMILES string of the molecule is CCc1nn(C)cc1CNC(=O)c1cncc(NC)n1. The summed E-state index contributed by atoms with van der Waals surface area (Å²) in [6.07, 6.45) is 5.75. The van der Waals surface area contributed by atoms with Crippen molar-refractivity contribution in [3.63, 3.8) is 0 Å². The maximum absolute atomic E-state index is 12.0. The Morgan fingerprint density at radius 3 is 2.90 bits per heavy atom. The van der Waals surface area contributed by atoms with Gasteiger partial charge in [-0.2, -0.15) is 5.10 Å². The van der Waals surface area contributed by atoms with Gasteiger partial charge in [0.1, 0.15) is 11.5 Å². The average molecular weight is 274 g/mol. The summed E-state index contributed by atoms with van der Waals surface area (Å²) in [5.41, 5.74) is 2.29. The van der Waals surface area contributed by atoms with Crippen LogP contribution >= 0.6 is 0 Å². The molecule has 0 saturated carbocycles. The van der Waals surface area contributed by atoms with Crippen molar-refractivity contribution >= 4 is 11.7 Å². The summed E-state index contributed by atoms with van der Waals surface area (Å²) < 4.78 is 1.75. The fourth-order valence-electron chi connectivity index (χ4n) is 1.89. The van der Waals surface area contributed by atoms with E-state index >= 15 is 0 Å². The fraction of sp³-hybridized carbons (Fsp3) is 0.385. The van der Waals surface area contributed by atoms with Crippen LogP contribution in [0.1, 0.15) is 28.7 Å². The Morgan fingerprint density at radius 1 is 1.40 bits per heavy atom. The maximum atomic E-state index is 12.0. The molecule has 0 atom stereocenters. The van der Waals surface area contributed by atoms with E-state index in [0.29, 0.717) is 18.1 Å². The summed E-state index contributed by atoms with van der Waals surface area (Å²) in [4.78, 5) is 20.1. The van der Waals surface area contributed by atoms with Crippen LogP contribution in [-0.4, -0.2) is 32.7 Å². The van der Waals surface area contributed by atoms with Crippen molar-refractivity contribution in [1.82, 2.24) is 25.1 Å². The van der Waals surface area contributed by atoms with Crippen LogP contribution in [0.25, 0.3) is 0 Å². The molecule has 106 valence electrons. The van der Waals surface area contributed by atoms with E-state index in [1.54, 1.807) is 17.9 Å². The van der Waals surface area contributed by atoms with Crippen LogP contribution in [-0.2, 0) is 20.0 Å². The molecule has 0 radical (unpaired) electrons. The fourth-order valence-corrected chi connectivity index (χ4v) is 1.89. The van der Waals surface area contributed by atoms with Crippen LogP contribution in [0.4, 0.5) is 5.82 Å². The first-order valence-electron chi connectivity index (χ1n) is 6.43. The van der Waals surface area contributed by atoms with E-state index in [1.807, 2.05) is 20.2 Å². The van der Waals surface area contributed by atoms with Gasteiger partial charge in [0.15, 0.2) is 0 Å². The van der Waals surface area contributed by atoms with Crippen molar-refractivity contribution < 1.29 is 4.79 Å². The first-order chi connectivity index (χ1) is 9.63. The van der Waals surface area contributed by atoms with Gasteiger partial charge in [-0.05, 0) is 6.42 Å². The van der Waals surface area contributed by atoms with Gasteiger partial charge >= 0.3 is 0 Å². The molecule has 0 fully saturated rings. The molecule has 2 heterocycles. The van der Waals surface area contributed by atoms with Crippen LogP contribution in [0.5, 0.6) is 0 Å². The van der Waals surface area contributed by atoms with E-state index < -0.39 is 0 Å². The molecule has 0 aliphatic rings. The second kappa shape index (κ2) is 6.14. The summed E-state index contributed by atoms with van der Waals surface area (Å²) >= 11 is 0. The molecule has 0 aliphatic carbocycles. The van der Waals surface area contributed by atoms with Gasteiger partial charge in [0.05, 0.1) is 18.1 Å². The molecule has 7 heteroatoms. The Hall–Kier alpha value is -2.44. The molecule has 0 unspecified atom stereocenters. The molecule has 0 spiro atoms. The highest BCUT2D eigenvalue weighted by molar-refractivity contribution is 5.92. The third kappa shape index (κ3) is 3.11. The highest BCUT2D eigenvalue weighted by atomic mass is 16.1. The number of hydrogen-bond donors (Lipinski definition) is 2. The van der Waals surface area contributed by atoms with Gasteiger partial charge < -0.3 is 10.6 Å². The standard InChI is InChI=1S/C13H18N6O/c1-4-10-9(8-19(3)18-10)5-16-13(20)11-6-15-7-12(14-2)17-11/h6-8H,4-5H2,1-3H3,(H,14,17)(H,16,20). The minimum atomic E-state index is -0.250. The van der Waals surface area contributed by atoms with Crippen LogP contribution in [0.3, 0.4) is 0 Å². The zero-order valence-electron chi connectivity index (χ0n) is 11.8. The van der Waals surface area contributed by atoms with Crippen LogP contribution in [0, 0.1) is 0 Å². The third-order valence-corrected chi connectivity index (χ3v) is 2.89. The second-order valence-electron chi connectivity index (χ2n) is 4.35. The van der Waals surface area contributed by atoms with Gasteiger partial charge in [-0.15, -0.1) is 0 Å². The number of nitrogens with zero attached hydrogens (tertiary/aromatic N) is 4. The van der Waals surface area contributed by atoms with Gasteiger partial charge in [0.2, 0.25) is 0 Å². The number of rotatable bonds is 5. The lowest BCUT2D eigenvalue weighted by Gasteiger charge is -2.05. The summed E-state index contributed by atoms with van der Waals surface area (Å²) in [6, 6.07) is 0. The molecule has 0 aromatic carbocycles. The Labute approximate surface area is 117 Å². The van der Waals surface area contributed by atoms with E-state index in [1.165, 1.54) is 6.20 Å². The molecule has 0 saturated heterocycles. The van der Waals surface area contributed by atoms with Crippen LogP contribution < -0.4 is 10.6 Å². The Balaban J connectivity index is 2.04. The highest BCUT2D eigenvalue weighted by Gasteiger charge is 2.11. The van der Waals surface area contributed by atoms with Gasteiger partial charge in [0, 0.05) is 32.4 Å². The molecule has 7 nitrogen and oxygen atoms in total. The third-order valence-electron chi connectivity index (χ3n) is 2.89. The molecule has 2 N–H and O–H groups in total. The Morgan fingerprint density at radius 2 is 2.20 bits per heavy atom. The topological polar surface area (TPSA) is 84.7 Å². The van der Waals surface area contributed by atoms with E-state index in [-0.39, 0.29) is 5.91 Å². The molecule has 2 aromatic heterocycles. The summed E-state index contributed by atoms with van der Waals surface area (Å²) in [5.74, 6) is 0.314. The molecule has 2 rings (SSSR count). The number of hydrogen-bond acceptors (Lipinski definition) is 5. The van der Waals surface area contributed by atoms with Crippen molar-refractivity contribution in [2.45, 2.75) is 19.9 Å². The molecule has 20 heavy (non-hydrogen) atoms. The lowest BCUT2D eigenvalue weighted by molar-refractivity contribution is 0.0945. The summed E-state index contributed by atoms with van der Waals surface area (Å²) in [6.45, 7) is 2.47. The lowest BCUT2D eigenvalue weighted by Crippen LogP contribution is -2.24. The number of carbonyl (C=O) groups excluding carboxylic acids is 1. The van der Waals surface area contributed by atoms with E-state index in [2.05, 4.69) is 25.7 Å². The van der Waals surface area contributed by atoms with Crippen LogP contribution in [0.2, 0.25) is 0 Å². The van der Waals surface area contributed by atoms with Crippen molar-refractivity contribution in [2.75, 3.05) is 12.4 Å². The molecule has 2 aromatic rings. The molecular weight excluding hydrogens is 256 g/mol. The average Bonchev–Trinajstić information content (AvgIpc) is 2.85. The molecular formula is C13H18N6O. The monoisotopic (exact) mass is 274 g/mol. The number of anilines is 1. The first kappa shape index (κ1) is 14.0. The lowest BCUT2D eigenvalue weighted by atomic mass is 10.2. The minimum absolute atomic E-state index is 0.250. The van der Waals surface area contributed by atoms with Crippen molar-refractivity contribution in [3.05, 3.63) is 35.5 Å². The molecule has 0 bridgehead atoms. The van der Waals surface area contributed by atoms with Gasteiger partial charge in [-0.1, -0.05) is 6.92 Å². The van der Waals surface area contributed by atoms with E-state index in [4.69, 9.17) is 0 Å². The highest BCUT2D eigenvalue weighted by Crippen LogP contribution is 2.07. The molecule has 0 aliphatic heterocycles. The maximum Gasteiger partial charge on any atom is 0.271 e. The largest absolute Gasteiger partial charge is 0.372 e. The zero-order chi connectivity index (χ0) is 14.5. The normalized spacial score (nSPS) is 10.3. The van der Waals surface area contributed by atoms with Crippen molar-refractivity contribution in [2.24, 2.45) is 7.05 Å². The van der Waals surface area contributed by atoms with Crippen molar-refractivity contribution in [3.8, 4) is 0 Å².